The van der Waals surface area contributed by atoms with Crippen molar-refractivity contribution in [2.45, 2.75) is 53.1 Å². The maximum atomic E-state index is 5.41. The summed E-state index contributed by atoms with van der Waals surface area (Å²) in [5.41, 5.74) is 1.66. The van der Waals surface area contributed by atoms with Crippen molar-refractivity contribution in [3.05, 3.63) is 17.7 Å². The van der Waals surface area contributed by atoms with Gasteiger partial charge < -0.3 is 19.5 Å². The summed E-state index contributed by atoms with van der Waals surface area (Å²) in [5, 5.41) is 2.37. The molecule has 0 saturated heterocycles. The number of rotatable bonds is 7. The maximum absolute atomic E-state index is 5.41. The van der Waals surface area contributed by atoms with Crippen LogP contribution >= 0.6 is 0 Å². The van der Waals surface area contributed by atoms with Crippen LogP contribution in [0.25, 0.3) is 0 Å². The van der Waals surface area contributed by atoms with Crippen molar-refractivity contribution in [1.82, 2.24) is 0 Å². The Morgan fingerprint density at radius 3 is 1.73 bits per heavy atom. The summed E-state index contributed by atoms with van der Waals surface area (Å²) in [4.78, 5) is 0. The Bertz CT molecular complexity index is 465. The molecule has 1 aromatic carbocycles. The van der Waals surface area contributed by atoms with Gasteiger partial charge in [0.05, 0.1) is 26.9 Å². The van der Waals surface area contributed by atoms with Crippen molar-refractivity contribution in [1.29, 1.82) is 0 Å². The van der Waals surface area contributed by atoms with E-state index in [0.717, 1.165) is 18.5 Å². The standard InChI is InChI=1S/C18H31NO3/c1-17(2,3)12-18(4,5)19-11-13-9-14(20-6)16(22-8)15(10-13)21-7/h9-10,19H,11-12H2,1-8H3/p+1. The van der Waals surface area contributed by atoms with Gasteiger partial charge in [0.15, 0.2) is 11.5 Å². The fraction of sp³-hybridized carbons (Fsp3) is 0.667. The molecule has 22 heavy (non-hydrogen) atoms. The lowest BCUT2D eigenvalue weighted by Gasteiger charge is -2.30. The molecule has 0 aliphatic heterocycles. The first kappa shape index (κ1) is 18.6. The summed E-state index contributed by atoms with van der Waals surface area (Å²) in [5.74, 6) is 2.06. The number of hydrogen-bond acceptors (Lipinski definition) is 3. The topological polar surface area (TPSA) is 44.3 Å². The molecule has 0 fully saturated rings. The summed E-state index contributed by atoms with van der Waals surface area (Å²) < 4.78 is 16.2. The average molecular weight is 310 g/mol. The van der Waals surface area contributed by atoms with Crippen molar-refractivity contribution in [3.8, 4) is 17.2 Å². The van der Waals surface area contributed by atoms with Crippen LogP contribution in [-0.4, -0.2) is 26.9 Å². The molecule has 0 aliphatic rings. The van der Waals surface area contributed by atoms with Crippen molar-refractivity contribution >= 4 is 0 Å². The fourth-order valence-corrected chi connectivity index (χ4v) is 3.09. The van der Waals surface area contributed by atoms with Gasteiger partial charge in [0.2, 0.25) is 5.75 Å². The van der Waals surface area contributed by atoms with Gasteiger partial charge in [-0.15, -0.1) is 0 Å². The van der Waals surface area contributed by atoms with Gasteiger partial charge in [0.1, 0.15) is 6.54 Å². The number of benzene rings is 1. The monoisotopic (exact) mass is 310 g/mol. The number of methoxy groups -OCH3 is 3. The first-order chi connectivity index (χ1) is 10.1. The molecule has 0 radical (unpaired) electrons. The largest absolute Gasteiger partial charge is 0.493 e. The predicted octanol–water partition coefficient (Wildman–Crippen LogP) is 2.99. The van der Waals surface area contributed by atoms with Gasteiger partial charge in [-0.25, -0.2) is 0 Å². The highest BCUT2D eigenvalue weighted by Crippen LogP contribution is 2.38. The van der Waals surface area contributed by atoms with E-state index in [1.54, 1.807) is 21.3 Å². The van der Waals surface area contributed by atoms with E-state index < -0.39 is 0 Å². The summed E-state index contributed by atoms with van der Waals surface area (Å²) in [6.45, 7) is 12.3. The SMILES string of the molecule is COc1cc(C[NH2+]C(C)(C)CC(C)(C)C)cc(OC)c1OC. The molecule has 0 amide bonds. The van der Waals surface area contributed by atoms with Crippen LogP contribution in [0.1, 0.15) is 46.6 Å². The molecule has 0 heterocycles. The predicted molar refractivity (Wildman–Crippen MR) is 89.9 cm³/mol. The third-order valence-electron chi connectivity index (χ3n) is 3.60. The Hall–Kier alpha value is -1.42. The lowest BCUT2D eigenvalue weighted by molar-refractivity contribution is -0.737. The molecule has 0 atom stereocenters. The zero-order chi connectivity index (χ0) is 17.0. The molecule has 2 N–H and O–H groups in total. The van der Waals surface area contributed by atoms with Crippen molar-refractivity contribution in [3.63, 3.8) is 0 Å². The highest BCUT2D eigenvalue weighted by Gasteiger charge is 2.28. The Morgan fingerprint density at radius 1 is 0.864 bits per heavy atom. The number of hydrogen-bond donors (Lipinski definition) is 1. The Balaban J connectivity index is 2.90. The van der Waals surface area contributed by atoms with Crippen LogP contribution in [0.4, 0.5) is 0 Å². The lowest BCUT2D eigenvalue weighted by atomic mass is 9.82. The van der Waals surface area contributed by atoms with Gasteiger partial charge in [-0.3, -0.25) is 0 Å². The molecule has 0 bridgehead atoms. The summed E-state index contributed by atoms with van der Waals surface area (Å²) in [6, 6.07) is 4.04. The van der Waals surface area contributed by atoms with E-state index in [2.05, 4.69) is 39.9 Å². The van der Waals surface area contributed by atoms with Crippen molar-refractivity contribution in [2.75, 3.05) is 21.3 Å². The van der Waals surface area contributed by atoms with Gasteiger partial charge in [-0.2, -0.15) is 0 Å². The van der Waals surface area contributed by atoms with E-state index in [9.17, 15) is 0 Å². The Kier molecular flexibility index (Phi) is 6.12. The second kappa shape index (κ2) is 7.23. The van der Waals surface area contributed by atoms with Crippen LogP contribution in [0.3, 0.4) is 0 Å². The molecular weight excluding hydrogens is 278 g/mol. The van der Waals surface area contributed by atoms with E-state index >= 15 is 0 Å². The van der Waals surface area contributed by atoms with Gasteiger partial charge in [0, 0.05) is 12.0 Å². The van der Waals surface area contributed by atoms with Crippen LogP contribution in [0.2, 0.25) is 0 Å². The van der Waals surface area contributed by atoms with Crippen molar-refractivity contribution < 1.29 is 19.5 Å². The molecule has 0 saturated carbocycles. The number of nitrogens with two attached hydrogens (primary N) is 1. The van der Waals surface area contributed by atoms with Crippen LogP contribution in [-0.2, 0) is 6.54 Å². The molecule has 0 aliphatic carbocycles. The number of quaternary nitrogens is 1. The minimum Gasteiger partial charge on any atom is -0.493 e. The molecule has 4 heteroatoms. The molecule has 0 aromatic heterocycles. The Labute approximate surface area is 135 Å². The van der Waals surface area contributed by atoms with E-state index in [4.69, 9.17) is 14.2 Å². The molecule has 0 unspecified atom stereocenters. The van der Waals surface area contributed by atoms with Crippen LogP contribution in [0.5, 0.6) is 17.2 Å². The summed E-state index contributed by atoms with van der Waals surface area (Å²) >= 11 is 0. The second-order valence-corrected chi connectivity index (χ2v) is 7.67. The second-order valence-electron chi connectivity index (χ2n) is 7.67. The van der Waals surface area contributed by atoms with Crippen molar-refractivity contribution in [2.24, 2.45) is 5.41 Å². The molecule has 1 aromatic rings. The van der Waals surface area contributed by atoms with E-state index in [1.165, 1.54) is 0 Å². The summed E-state index contributed by atoms with van der Waals surface area (Å²) in [6.07, 6.45) is 1.14. The first-order valence-electron chi connectivity index (χ1n) is 7.75. The van der Waals surface area contributed by atoms with E-state index in [1.807, 2.05) is 12.1 Å². The van der Waals surface area contributed by atoms with E-state index in [0.29, 0.717) is 22.7 Å². The number of ether oxygens (including phenoxy) is 3. The van der Waals surface area contributed by atoms with Crippen LogP contribution in [0.15, 0.2) is 12.1 Å². The average Bonchev–Trinajstić information content (AvgIpc) is 2.41. The van der Waals surface area contributed by atoms with Crippen LogP contribution < -0.4 is 19.5 Å². The van der Waals surface area contributed by atoms with Crippen LogP contribution in [0, 0.1) is 5.41 Å². The summed E-state index contributed by atoms with van der Waals surface area (Å²) in [7, 11) is 4.92. The molecule has 126 valence electrons. The van der Waals surface area contributed by atoms with Gasteiger partial charge in [-0.05, 0) is 31.4 Å². The first-order valence-corrected chi connectivity index (χ1v) is 7.75. The fourth-order valence-electron chi connectivity index (χ4n) is 3.09. The zero-order valence-electron chi connectivity index (χ0n) is 15.4. The maximum Gasteiger partial charge on any atom is 0.203 e. The third kappa shape index (κ3) is 5.41. The molecule has 0 spiro atoms. The minimum absolute atomic E-state index is 0.179. The van der Waals surface area contributed by atoms with E-state index in [-0.39, 0.29) is 5.54 Å². The highest BCUT2D eigenvalue weighted by molar-refractivity contribution is 5.53. The Morgan fingerprint density at radius 2 is 1.36 bits per heavy atom. The smallest absolute Gasteiger partial charge is 0.203 e. The quantitative estimate of drug-likeness (QED) is 0.842. The highest BCUT2D eigenvalue weighted by atomic mass is 16.5. The molecular formula is C18H32NO3+. The molecule has 1 rings (SSSR count). The van der Waals surface area contributed by atoms with Gasteiger partial charge in [-0.1, -0.05) is 20.8 Å². The van der Waals surface area contributed by atoms with Gasteiger partial charge in [0.25, 0.3) is 0 Å². The minimum atomic E-state index is 0.179. The molecule has 4 nitrogen and oxygen atoms in total. The zero-order valence-corrected chi connectivity index (χ0v) is 15.4. The lowest BCUT2D eigenvalue weighted by Crippen LogP contribution is -2.94. The van der Waals surface area contributed by atoms with Gasteiger partial charge >= 0.3 is 0 Å². The third-order valence-corrected chi connectivity index (χ3v) is 3.60. The normalized spacial score (nSPS) is 12.2.